The lowest BCUT2D eigenvalue weighted by molar-refractivity contribution is -0.384. The van der Waals surface area contributed by atoms with Crippen molar-refractivity contribution in [3.05, 3.63) is 64.2 Å². The van der Waals surface area contributed by atoms with Gasteiger partial charge in [0.15, 0.2) is 0 Å². The maximum absolute atomic E-state index is 11.5. The van der Waals surface area contributed by atoms with Gasteiger partial charge in [-0.15, -0.1) is 0 Å². The normalized spacial score (nSPS) is 17.3. The zero-order valence-corrected chi connectivity index (χ0v) is 15.7. The van der Waals surface area contributed by atoms with E-state index >= 15 is 0 Å². The third kappa shape index (κ3) is 4.58. The lowest BCUT2D eigenvalue weighted by Gasteiger charge is -2.42. The number of ether oxygens (including phenoxy) is 1. The van der Waals surface area contributed by atoms with Crippen molar-refractivity contribution in [2.24, 2.45) is 0 Å². The number of anilines is 1. The third-order valence-corrected chi connectivity index (χ3v) is 4.91. The molecular formula is C20H23N3O5. The van der Waals surface area contributed by atoms with Gasteiger partial charge in [0, 0.05) is 38.3 Å². The Morgan fingerprint density at radius 2 is 2.00 bits per heavy atom. The molecule has 3 rings (SSSR count). The van der Waals surface area contributed by atoms with Crippen LogP contribution in [0.1, 0.15) is 12.0 Å². The van der Waals surface area contributed by atoms with Gasteiger partial charge in [0.2, 0.25) is 0 Å². The second kappa shape index (κ2) is 8.71. The van der Waals surface area contributed by atoms with Crippen LogP contribution in [0.15, 0.2) is 48.5 Å². The Morgan fingerprint density at radius 1 is 1.25 bits per heavy atom. The summed E-state index contributed by atoms with van der Waals surface area (Å²) < 4.78 is 5.22. The molecule has 1 fully saturated rings. The first kappa shape index (κ1) is 19.6. The summed E-state index contributed by atoms with van der Waals surface area (Å²) in [4.78, 5) is 26.5. The maximum Gasteiger partial charge on any atom is 0.305 e. The fourth-order valence-electron chi connectivity index (χ4n) is 3.61. The molecule has 1 saturated heterocycles. The number of carboxylic acids is 1. The number of carboxylic acid groups (broad SMARTS) is 1. The minimum absolute atomic E-state index is 0.0484. The Labute approximate surface area is 163 Å². The van der Waals surface area contributed by atoms with Crippen LogP contribution >= 0.6 is 0 Å². The SMILES string of the molecule is COc1ccc([N+](=O)[O-])c(N2CCN(Cc3ccccc3)C[C@@H]2CC(=O)O)c1. The molecule has 0 radical (unpaired) electrons. The van der Waals surface area contributed by atoms with Crippen LogP contribution in [0.5, 0.6) is 5.75 Å². The Morgan fingerprint density at radius 3 is 2.64 bits per heavy atom. The van der Waals surface area contributed by atoms with Crippen LogP contribution in [0.4, 0.5) is 11.4 Å². The van der Waals surface area contributed by atoms with Gasteiger partial charge in [-0.25, -0.2) is 0 Å². The van der Waals surface area contributed by atoms with E-state index in [-0.39, 0.29) is 18.2 Å². The van der Waals surface area contributed by atoms with E-state index < -0.39 is 10.9 Å². The highest BCUT2D eigenvalue weighted by molar-refractivity contribution is 5.71. The van der Waals surface area contributed by atoms with Crippen LogP contribution in [-0.4, -0.2) is 53.7 Å². The van der Waals surface area contributed by atoms with Gasteiger partial charge in [-0.3, -0.25) is 19.8 Å². The molecule has 1 heterocycles. The highest BCUT2D eigenvalue weighted by Crippen LogP contribution is 2.35. The number of nitro benzene ring substituents is 1. The maximum atomic E-state index is 11.5. The van der Waals surface area contributed by atoms with Crippen molar-refractivity contribution in [1.82, 2.24) is 4.90 Å². The second-order valence-electron chi connectivity index (χ2n) is 6.78. The van der Waals surface area contributed by atoms with Crippen LogP contribution in [0, 0.1) is 10.1 Å². The number of benzene rings is 2. The van der Waals surface area contributed by atoms with Gasteiger partial charge in [0.25, 0.3) is 5.69 Å². The predicted octanol–water partition coefficient (Wildman–Crippen LogP) is 2.77. The minimum atomic E-state index is -0.929. The van der Waals surface area contributed by atoms with Gasteiger partial charge < -0.3 is 14.7 Å². The van der Waals surface area contributed by atoms with Crippen LogP contribution in [0.2, 0.25) is 0 Å². The lowest BCUT2D eigenvalue weighted by atomic mass is 10.0. The topological polar surface area (TPSA) is 96.2 Å². The molecule has 1 N–H and O–H groups in total. The Hall–Kier alpha value is -3.13. The molecule has 1 aliphatic rings. The van der Waals surface area contributed by atoms with E-state index in [1.54, 1.807) is 12.1 Å². The fourth-order valence-corrected chi connectivity index (χ4v) is 3.61. The summed E-state index contributed by atoms with van der Waals surface area (Å²) in [5.74, 6) is -0.427. The van der Waals surface area contributed by atoms with Crippen molar-refractivity contribution >= 4 is 17.3 Å². The Kier molecular flexibility index (Phi) is 6.10. The number of nitrogens with zero attached hydrogens (tertiary/aromatic N) is 3. The lowest BCUT2D eigenvalue weighted by Crippen LogP contribution is -2.53. The quantitative estimate of drug-likeness (QED) is 0.578. The van der Waals surface area contributed by atoms with Crippen LogP contribution in [-0.2, 0) is 11.3 Å². The predicted molar refractivity (Wildman–Crippen MR) is 105 cm³/mol. The van der Waals surface area contributed by atoms with Crippen LogP contribution in [0.3, 0.4) is 0 Å². The van der Waals surface area contributed by atoms with E-state index in [1.165, 1.54) is 13.2 Å². The minimum Gasteiger partial charge on any atom is -0.497 e. The molecule has 0 aliphatic carbocycles. The highest BCUT2D eigenvalue weighted by Gasteiger charge is 2.32. The molecule has 0 amide bonds. The summed E-state index contributed by atoms with van der Waals surface area (Å²) in [6.45, 7) is 2.40. The number of carbonyl (C=O) groups is 1. The van der Waals surface area contributed by atoms with Crippen molar-refractivity contribution in [2.45, 2.75) is 19.0 Å². The molecule has 1 aliphatic heterocycles. The molecule has 0 unspecified atom stereocenters. The molecule has 0 saturated carbocycles. The van der Waals surface area contributed by atoms with Crippen LogP contribution < -0.4 is 9.64 Å². The first-order valence-electron chi connectivity index (χ1n) is 9.05. The van der Waals surface area contributed by atoms with Gasteiger partial charge in [0.1, 0.15) is 11.4 Å². The number of aliphatic carboxylic acids is 1. The van der Waals surface area contributed by atoms with Crippen LogP contribution in [0.25, 0.3) is 0 Å². The molecule has 0 spiro atoms. The second-order valence-corrected chi connectivity index (χ2v) is 6.78. The molecule has 2 aromatic rings. The number of hydrogen-bond acceptors (Lipinski definition) is 6. The zero-order chi connectivity index (χ0) is 20.1. The van der Waals surface area contributed by atoms with Crippen molar-refractivity contribution in [3.8, 4) is 5.75 Å². The summed E-state index contributed by atoms with van der Waals surface area (Å²) in [6, 6.07) is 14.1. The van der Waals surface area contributed by atoms with Crippen molar-refractivity contribution in [1.29, 1.82) is 0 Å². The van der Waals surface area contributed by atoms with Crippen molar-refractivity contribution in [3.63, 3.8) is 0 Å². The first-order chi connectivity index (χ1) is 13.5. The fraction of sp³-hybridized carbons (Fsp3) is 0.350. The first-order valence-corrected chi connectivity index (χ1v) is 9.05. The zero-order valence-electron chi connectivity index (χ0n) is 15.7. The molecule has 148 valence electrons. The van der Waals surface area contributed by atoms with Gasteiger partial charge in [-0.2, -0.15) is 0 Å². The highest BCUT2D eigenvalue weighted by atomic mass is 16.6. The molecule has 2 aromatic carbocycles. The smallest absolute Gasteiger partial charge is 0.305 e. The standard InChI is InChI=1S/C20H23N3O5/c1-28-17-7-8-18(23(26)27)19(12-17)22-10-9-21(14-16(22)11-20(24)25)13-15-5-3-2-4-6-15/h2-8,12,16H,9-11,13-14H2,1H3,(H,24,25)/t16-/m0/s1. The largest absolute Gasteiger partial charge is 0.497 e. The number of piperazine rings is 1. The van der Waals surface area contributed by atoms with Gasteiger partial charge in [-0.1, -0.05) is 30.3 Å². The third-order valence-electron chi connectivity index (χ3n) is 4.91. The van der Waals surface area contributed by atoms with Gasteiger partial charge >= 0.3 is 5.97 Å². The molecule has 8 heteroatoms. The van der Waals surface area contributed by atoms with E-state index in [0.29, 0.717) is 37.6 Å². The molecule has 28 heavy (non-hydrogen) atoms. The number of nitro groups is 1. The summed E-state index contributed by atoms with van der Waals surface area (Å²) in [5, 5.41) is 20.9. The molecule has 1 atom stereocenters. The number of methoxy groups -OCH3 is 1. The average molecular weight is 385 g/mol. The summed E-state index contributed by atoms with van der Waals surface area (Å²) in [6.07, 6.45) is -0.0976. The molecule has 0 aromatic heterocycles. The molecule has 0 bridgehead atoms. The molecule has 8 nitrogen and oxygen atoms in total. The Balaban J connectivity index is 1.86. The Bertz CT molecular complexity index is 843. The van der Waals surface area contributed by atoms with E-state index in [2.05, 4.69) is 4.90 Å². The van der Waals surface area contributed by atoms with Crippen molar-refractivity contribution in [2.75, 3.05) is 31.6 Å². The summed E-state index contributed by atoms with van der Waals surface area (Å²) >= 11 is 0. The monoisotopic (exact) mass is 385 g/mol. The van der Waals surface area contributed by atoms with Crippen molar-refractivity contribution < 1.29 is 19.6 Å². The summed E-state index contributed by atoms with van der Waals surface area (Å²) in [5.41, 5.74) is 1.50. The van der Waals surface area contributed by atoms with E-state index in [4.69, 9.17) is 4.74 Å². The summed E-state index contributed by atoms with van der Waals surface area (Å²) in [7, 11) is 1.50. The number of hydrogen-bond donors (Lipinski definition) is 1. The van der Waals surface area contributed by atoms with E-state index in [0.717, 1.165) is 5.56 Å². The van der Waals surface area contributed by atoms with E-state index in [1.807, 2.05) is 35.2 Å². The number of rotatable bonds is 7. The van der Waals surface area contributed by atoms with Gasteiger partial charge in [-0.05, 0) is 11.6 Å². The average Bonchev–Trinajstić information content (AvgIpc) is 2.68. The molecular weight excluding hydrogens is 362 g/mol. The van der Waals surface area contributed by atoms with E-state index in [9.17, 15) is 20.0 Å². The van der Waals surface area contributed by atoms with Gasteiger partial charge in [0.05, 0.1) is 24.5 Å².